The summed E-state index contributed by atoms with van der Waals surface area (Å²) in [6.45, 7) is 12.0. The Bertz CT molecular complexity index is 343. The van der Waals surface area contributed by atoms with Crippen molar-refractivity contribution in [2.24, 2.45) is 5.41 Å². The quantitative estimate of drug-likeness (QED) is 0.389. The minimum absolute atomic E-state index is 0.383. The molecule has 0 spiro atoms. The zero-order valence-electron chi connectivity index (χ0n) is 11.8. The molecule has 0 N–H and O–H groups in total. The third kappa shape index (κ3) is 4.09. The molecule has 0 fully saturated rings. The fraction of sp³-hybridized carbons (Fsp3) is 0.600. The predicted octanol–water partition coefficient (Wildman–Crippen LogP) is 5.10. The molecule has 0 bridgehead atoms. The summed E-state index contributed by atoms with van der Waals surface area (Å²) in [7, 11) is 0. The number of rotatable bonds is 5. The summed E-state index contributed by atoms with van der Waals surface area (Å²) in [5, 5.41) is 0.383. The zero-order valence-corrected chi connectivity index (χ0v) is 15.1. The lowest BCUT2D eigenvalue weighted by Crippen LogP contribution is -2.36. The van der Waals surface area contributed by atoms with Gasteiger partial charge in [-0.25, -0.2) is 0 Å². The van der Waals surface area contributed by atoms with Crippen molar-refractivity contribution in [3.8, 4) is 0 Å². The standard InChI is InChI=1S/C15H25ISi/c1-6-14(2,3)12-17(16)15(4,5)13-10-8-7-9-11-13/h7-11,17H,6,12H2,1-5H3. The Hall–Kier alpha value is 0.167. The molecule has 1 rings (SSSR count). The lowest BCUT2D eigenvalue weighted by atomic mass is 9.93. The van der Waals surface area contributed by atoms with E-state index in [0.717, 1.165) is 0 Å². The number of benzene rings is 1. The molecule has 0 nitrogen and oxygen atoms in total. The number of hydrogen-bond acceptors (Lipinski definition) is 0. The van der Waals surface area contributed by atoms with Gasteiger partial charge in [0, 0.05) is 0 Å². The molecule has 17 heavy (non-hydrogen) atoms. The second-order valence-corrected chi connectivity index (χ2v) is 13.6. The van der Waals surface area contributed by atoms with Gasteiger partial charge < -0.3 is 0 Å². The second kappa shape index (κ2) is 5.87. The van der Waals surface area contributed by atoms with Crippen molar-refractivity contribution >= 4 is 28.1 Å². The first kappa shape index (κ1) is 15.2. The summed E-state index contributed by atoms with van der Waals surface area (Å²) >= 11 is 2.78. The Labute approximate surface area is 121 Å². The van der Waals surface area contributed by atoms with E-state index < -0.39 is 6.29 Å². The van der Waals surface area contributed by atoms with E-state index in [9.17, 15) is 0 Å². The van der Waals surface area contributed by atoms with Crippen molar-refractivity contribution in [2.45, 2.75) is 52.1 Å². The monoisotopic (exact) mass is 360 g/mol. The van der Waals surface area contributed by atoms with Gasteiger partial charge in [0.15, 0.2) is 0 Å². The fourth-order valence-electron chi connectivity index (χ4n) is 1.93. The molecule has 2 heteroatoms. The molecule has 0 aromatic heterocycles. The molecule has 1 aromatic rings. The molecule has 96 valence electrons. The lowest BCUT2D eigenvalue weighted by Gasteiger charge is -2.35. The third-order valence-corrected chi connectivity index (χ3v) is 13.3. The first-order valence-corrected chi connectivity index (χ1v) is 12.1. The second-order valence-electron chi connectivity index (χ2n) is 6.28. The molecular formula is C15H25ISi. The summed E-state index contributed by atoms with van der Waals surface area (Å²) in [4.78, 5) is 0. The van der Waals surface area contributed by atoms with Gasteiger partial charge in [0.1, 0.15) is 6.29 Å². The molecule has 0 amide bonds. The maximum Gasteiger partial charge on any atom is 0.120 e. The molecule has 0 saturated heterocycles. The van der Waals surface area contributed by atoms with Crippen LogP contribution in [-0.2, 0) is 5.04 Å². The summed E-state index contributed by atoms with van der Waals surface area (Å²) < 4.78 is 0. The Morgan fingerprint density at radius 2 is 1.59 bits per heavy atom. The maximum absolute atomic E-state index is 2.78. The summed E-state index contributed by atoms with van der Waals surface area (Å²) in [6, 6.07) is 12.4. The van der Waals surface area contributed by atoms with Gasteiger partial charge in [-0.1, -0.05) is 71.4 Å². The van der Waals surface area contributed by atoms with Gasteiger partial charge in [0.2, 0.25) is 0 Å². The van der Waals surface area contributed by atoms with Crippen LogP contribution in [0.2, 0.25) is 6.04 Å². The van der Waals surface area contributed by atoms with Gasteiger partial charge in [0.05, 0.1) is 0 Å². The smallest absolute Gasteiger partial charge is 0.120 e. The summed E-state index contributed by atoms with van der Waals surface area (Å²) in [6.07, 6.45) is 0.472. The Balaban J connectivity index is 2.84. The Morgan fingerprint density at radius 3 is 2.06 bits per heavy atom. The van der Waals surface area contributed by atoms with Crippen LogP contribution in [0.1, 0.15) is 46.6 Å². The molecule has 0 aliphatic rings. The van der Waals surface area contributed by atoms with Crippen LogP contribution in [-0.4, -0.2) is 6.29 Å². The van der Waals surface area contributed by atoms with E-state index in [4.69, 9.17) is 0 Å². The molecule has 0 aliphatic carbocycles. The van der Waals surface area contributed by atoms with E-state index >= 15 is 0 Å². The van der Waals surface area contributed by atoms with Gasteiger partial charge >= 0.3 is 0 Å². The van der Waals surface area contributed by atoms with E-state index in [0.29, 0.717) is 10.5 Å². The first-order valence-electron chi connectivity index (χ1n) is 6.49. The highest BCUT2D eigenvalue weighted by molar-refractivity contribution is 14.1. The van der Waals surface area contributed by atoms with Crippen molar-refractivity contribution in [3.63, 3.8) is 0 Å². The van der Waals surface area contributed by atoms with Gasteiger partial charge in [-0.05, 0) is 22.1 Å². The van der Waals surface area contributed by atoms with Crippen LogP contribution in [0.5, 0.6) is 0 Å². The molecule has 0 aliphatic heterocycles. The molecule has 0 radical (unpaired) electrons. The average molecular weight is 360 g/mol. The van der Waals surface area contributed by atoms with Crippen molar-refractivity contribution < 1.29 is 0 Å². The highest BCUT2D eigenvalue weighted by Crippen LogP contribution is 2.38. The van der Waals surface area contributed by atoms with E-state index in [-0.39, 0.29) is 0 Å². The topological polar surface area (TPSA) is 0 Å². The van der Waals surface area contributed by atoms with E-state index in [2.05, 4.69) is 86.7 Å². The summed E-state index contributed by atoms with van der Waals surface area (Å²) in [5.74, 6) is 0. The third-order valence-electron chi connectivity index (χ3n) is 3.99. The molecule has 1 atom stereocenters. The van der Waals surface area contributed by atoms with E-state index in [1.807, 2.05) is 0 Å². The van der Waals surface area contributed by atoms with Crippen molar-refractivity contribution in [2.75, 3.05) is 0 Å². The summed E-state index contributed by atoms with van der Waals surface area (Å²) in [5.41, 5.74) is 2.02. The number of halogens is 1. The van der Waals surface area contributed by atoms with Crippen LogP contribution in [0, 0.1) is 5.41 Å². The van der Waals surface area contributed by atoms with Gasteiger partial charge in [-0.2, -0.15) is 0 Å². The largest absolute Gasteiger partial charge is 0.122 e. The minimum atomic E-state index is -0.811. The van der Waals surface area contributed by atoms with Crippen molar-refractivity contribution in [3.05, 3.63) is 35.9 Å². The SMILES string of the molecule is CCC(C)(C)C[SiH](I)C(C)(C)c1ccccc1. The van der Waals surface area contributed by atoms with E-state index in [1.54, 1.807) is 0 Å². The van der Waals surface area contributed by atoms with Crippen LogP contribution >= 0.6 is 21.8 Å². The van der Waals surface area contributed by atoms with Gasteiger partial charge in [-0.15, -0.1) is 21.8 Å². The van der Waals surface area contributed by atoms with Crippen LogP contribution in [0.15, 0.2) is 30.3 Å². The van der Waals surface area contributed by atoms with Crippen LogP contribution in [0.3, 0.4) is 0 Å². The first-order chi connectivity index (χ1) is 7.79. The molecule has 0 saturated carbocycles. The number of hydrogen-bond donors (Lipinski definition) is 0. The molecule has 0 heterocycles. The highest BCUT2D eigenvalue weighted by atomic mass is 127. The van der Waals surface area contributed by atoms with Crippen LogP contribution in [0.25, 0.3) is 0 Å². The molecule has 1 aromatic carbocycles. The van der Waals surface area contributed by atoms with E-state index in [1.165, 1.54) is 18.0 Å². The Morgan fingerprint density at radius 1 is 1.06 bits per heavy atom. The molecule has 1 unspecified atom stereocenters. The Kier molecular flexibility index (Phi) is 5.26. The minimum Gasteiger partial charge on any atom is -0.122 e. The van der Waals surface area contributed by atoms with Crippen molar-refractivity contribution in [1.29, 1.82) is 0 Å². The normalized spacial score (nSPS) is 14.7. The lowest BCUT2D eigenvalue weighted by molar-refractivity contribution is 0.392. The fourth-order valence-corrected chi connectivity index (χ4v) is 8.91. The van der Waals surface area contributed by atoms with Crippen LogP contribution in [0.4, 0.5) is 0 Å². The molecular weight excluding hydrogens is 335 g/mol. The van der Waals surface area contributed by atoms with Gasteiger partial charge in [-0.3, -0.25) is 0 Å². The van der Waals surface area contributed by atoms with Crippen LogP contribution < -0.4 is 0 Å². The highest BCUT2D eigenvalue weighted by Gasteiger charge is 2.34. The average Bonchev–Trinajstić information content (AvgIpc) is 2.29. The van der Waals surface area contributed by atoms with Gasteiger partial charge in [0.25, 0.3) is 0 Å². The van der Waals surface area contributed by atoms with Crippen molar-refractivity contribution in [1.82, 2.24) is 0 Å². The predicted molar refractivity (Wildman–Crippen MR) is 89.5 cm³/mol. The zero-order chi connectivity index (χ0) is 13.1. The maximum atomic E-state index is 2.78.